The van der Waals surface area contributed by atoms with E-state index < -0.39 is 0 Å². The van der Waals surface area contributed by atoms with Crippen LogP contribution in [0.1, 0.15) is 43.5 Å². The van der Waals surface area contributed by atoms with E-state index >= 15 is 0 Å². The number of carbonyl (C=O) groups is 1. The van der Waals surface area contributed by atoms with Gasteiger partial charge < -0.3 is 0 Å². The van der Waals surface area contributed by atoms with Crippen LogP contribution >= 0.6 is 38.5 Å². The molecule has 0 heterocycles. The second-order valence-electron chi connectivity index (χ2n) is 3.93. The summed E-state index contributed by atoms with van der Waals surface area (Å²) in [6.07, 6.45) is 2.82. The molecule has 0 aliphatic rings. The number of hydrogen-bond acceptors (Lipinski definition) is 1. The van der Waals surface area contributed by atoms with Crippen molar-refractivity contribution in [3.05, 3.63) is 31.8 Å². The molecule has 0 aliphatic heterocycles. The molecule has 0 bridgehead atoms. The van der Waals surface area contributed by atoms with Crippen LogP contribution in [0.2, 0.25) is 0 Å². The summed E-state index contributed by atoms with van der Waals surface area (Å²) in [7, 11) is 0. The molecule has 3 heteroatoms. The quantitative estimate of drug-likeness (QED) is 0.503. The number of Topliss-reactive ketones (excluding diaryl/α,β-unsaturated/α-hetero) is 1. The van der Waals surface area contributed by atoms with Gasteiger partial charge in [-0.25, -0.2) is 0 Å². The van der Waals surface area contributed by atoms with Crippen molar-refractivity contribution in [1.82, 2.24) is 0 Å². The average molecular weight is 395 g/mol. The van der Waals surface area contributed by atoms with E-state index in [0.29, 0.717) is 12.3 Å². The van der Waals surface area contributed by atoms with Crippen molar-refractivity contribution in [2.24, 2.45) is 5.92 Å². The number of rotatable bonds is 5. The zero-order valence-corrected chi connectivity index (χ0v) is 13.3. The van der Waals surface area contributed by atoms with Crippen molar-refractivity contribution in [3.63, 3.8) is 0 Å². The fraction of sp³-hybridized carbons (Fsp3) is 0.462. The smallest absolute Gasteiger partial charge is 0.164 e. The van der Waals surface area contributed by atoms with E-state index in [0.717, 1.165) is 26.4 Å². The van der Waals surface area contributed by atoms with Gasteiger partial charge in [-0.15, -0.1) is 0 Å². The monoisotopic (exact) mass is 394 g/mol. The van der Waals surface area contributed by atoms with Crippen LogP contribution < -0.4 is 0 Å². The van der Waals surface area contributed by atoms with E-state index in [2.05, 4.69) is 52.4 Å². The van der Waals surface area contributed by atoms with Gasteiger partial charge in [-0.1, -0.05) is 42.6 Å². The number of hydrogen-bond donors (Lipinski definition) is 0. The third-order valence-electron chi connectivity index (χ3n) is 2.86. The molecule has 0 aromatic heterocycles. The second-order valence-corrected chi connectivity index (χ2v) is 6.01. The van der Waals surface area contributed by atoms with Crippen LogP contribution in [0, 0.1) is 9.49 Å². The summed E-state index contributed by atoms with van der Waals surface area (Å²) < 4.78 is 2.01. The molecule has 0 unspecified atom stereocenters. The van der Waals surface area contributed by atoms with Crippen LogP contribution in [0.3, 0.4) is 0 Å². The minimum absolute atomic E-state index is 0.263. The third-order valence-corrected chi connectivity index (χ3v) is 4.29. The van der Waals surface area contributed by atoms with Gasteiger partial charge in [0.05, 0.1) is 0 Å². The lowest BCUT2D eigenvalue weighted by Crippen LogP contribution is -2.09. The first-order chi connectivity index (χ1) is 7.58. The molecule has 0 radical (unpaired) electrons. The van der Waals surface area contributed by atoms with E-state index in [1.165, 1.54) is 0 Å². The maximum absolute atomic E-state index is 12.1. The van der Waals surface area contributed by atoms with Gasteiger partial charge in [0.1, 0.15) is 0 Å². The molecule has 0 saturated heterocycles. The van der Waals surface area contributed by atoms with Gasteiger partial charge in [-0.2, -0.15) is 0 Å². The molecule has 0 fully saturated rings. The fourth-order valence-corrected chi connectivity index (χ4v) is 2.66. The maximum atomic E-state index is 12.1. The molecule has 1 rings (SSSR count). The molecule has 0 N–H and O–H groups in total. The van der Waals surface area contributed by atoms with E-state index in [9.17, 15) is 4.79 Å². The SMILES string of the molecule is CCC(CC)CC(=O)c1cc(Br)ccc1I. The molecule has 1 aromatic carbocycles. The summed E-state index contributed by atoms with van der Waals surface area (Å²) in [6.45, 7) is 4.29. The fourth-order valence-electron chi connectivity index (χ4n) is 1.66. The van der Waals surface area contributed by atoms with Gasteiger partial charge in [0.15, 0.2) is 5.78 Å². The number of halogens is 2. The maximum Gasteiger partial charge on any atom is 0.164 e. The molecule has 1 aromatic rings. The van der Waals surface area contributed by atoms with Crippen LogP contribution in [0.25, 0.3) is 0 Å². The number of carbonyl (C=O) groups excluding carboxylic acids is 1. The first kappa shape index (κ1) is 14.2. The Morgan fingerprint density at radius 2 is 2.00 bits per heavy atom. The summed E-state index contributed by atoms with van der Waals surface area (Å²) in [5.41, 5.74) is 0.849. The molecular formula is C13H16BrIO. The normalized spacial score (nSPS) is 10.8. The lowest BCUT2D eigenvalue weighted by atomic mass is 9.94. The summed E-state index contributed by atoms with van der Waals surface area (Å²) in [6, 6.07) is 5.87. The molecule has 0 atom stereocenters. The van der Waals surface area contributed by atoms with Crippen molar-refractivity contribution in [2.75, 3.05) is 0 Å². The Morgan fingerprint density at radius 1 is 1.38 bits per heavy atom. The molecule has 1 nitrogen and oxygen atoms in total. The Kier molecular flexibility index (Phi) is 5.97. The Morgan fingerprint density at radius 3 is 2.56 bits per heavy atom. The van der Waals surface area contributed by atoms with Crippen molar-refractivity contribution in [3.8, 4) is 0 Å². The third kappa shape index (κ3) is 3.84. The first-order valence-electron chi connectivity index (χ1n) is 5.56. The molecule has 0 spiro atoms. The van der Waals surface area contributed by atoms with Crippen molar-refractivity contribution >= 4 is 44.3 Å². The highest BCUT2D eigenvalue weighted by Gasteiger charge is 2.14. The largest absolute Gasteiger partial charge is 0.294 e. The summed E-state index contributed by atoms with van der Waals surface area (Å²) in [4.78, 5) is 12.1. The van der Waals surface area contributed by atoms with Crippen molar-refractivity contribution in [2.45, 2.75) is 33.1 Å². The highest BCUT2D eigenvalue weighted by atomic mass is 127. The van der Waals surface area contributed by atoms with Crippen molar-refractivity contribution in [1.29, 1.82) is 0 Å². The average Bonchev–Trinajstić information content (AvgIpc) is 2.28. The minimum atomic E-state index is 0.263. The Hall–Kier alpha value is 0.1000. The zero-order valence-electron chi connectivity index (χ0n) is 9.59. The predicted octanol–water partition coefficient (Wildman–Crippen LogP) is 5.06. The van der Waals surface area contributed by atoms with E-state index in [-0.39, 0.29) is 5.78 Å². The zero-order chi connectivity index (χ0) is 12.1. The molecule has 16 heavy (non-hydrogen) atoms. The lowest BCUT2D eigenvalue weighted by Gasteiger charge is -2.12. The molecule has 0 amide bonds. The van der Waals surface area contributed by atoms with Gasteiger partial charge in [-0.3, -0.25) is 4.79 Å². The van der Waals surface area contributed by atoms with Gasteiger partial charge in [0.25, 0.3) is 0 Å². The molecule has 0 aliphatic carbocycles. The van der Waals surface area contributed by atoms with Crippen LogP contribution in [0.4, 0.5) is 0 Å². The summed E-state index contributed by atoms with van der Waals surface area (Å²) in [5, 5.41) is 0. The minimum Gasteiger partial charge on any atom is -0.294 e. The van der Waals surface area contributed by atoms with Gasteiger partial charge in [-0.05, 0) is 46.7 Å². The standard InChI is InChI=1S/C13H16BrIO/c1-3-9(4-2)7-13(16)11-8-10(14)5-6-12(11)15/h5-6,8-9H,3-4,7H2,1-2H3. The second kappa shape index (κ2) is 6.74. The van der Waals surface area contributed by atoms with Crippen LogP contribution in [0.5, 0.6) is 0 Å². The Labute approximate surface area is 119 Å². The van der Waals surface area contributed by atoms with E-state index in [4.69, 9.17) is 0 Å². The molecule has 88 valence electrons. The topological polar surface area (TPSA) is 17.1 Å². The predicted molar refractivity (Wildman–Crippen MR) is 79.9 cm³/mol. The number of benzene rings is 1. The van der Waals surface area contributed by atoms with Gasteiger partial charge in [0.2, 0.25) is 0 Å². The van der Waals surface area contributed by atoms with Crippen LogP contribution in [-0.2, 0) is 0 Å². The van der Waals surface area contributed by atoms with E-state index in [1.807, 2.05) is 18.2 Å². The van der Waals surface area contributed by atoms with Crippen molar-refractivity contribution < 1.29 is 4.79 Å². The summed E-state index contributed by atoms with van der Waals surface area (Å²) in [5.74, 6) is 0.779. The summed E-state index contributed by atoms with van der Waals surface area (Å²) >= 11 is 5.63. The first-order valence-corrected chi connectivity index (χ1v) is 7.43. The molecular weight excluding hydrogens is 379 g/mol. The highest BCUT2D eigenvalue weighted by molar-refractivity contribution is 14.1. The molecule has 0 saturated carbocycles. The highest BCUT2D eigenvalue weighted by Crippen LogP contribution is 2.22. The van der Waals surface area contributed by atoms with Crippen LogP contribution in [-0.4, -0.2) is 5.78 Å². The van der Waals surface area contributed by atoms with E-state index in [1.54, 1.807) is 0 Å². The van der Waals surface area contributed by atoms with Gasteiger partial charge >= 0.3 is 0 Å². The number of ketones is 1. The lowest BCUT2D eigenvalue weighted by molar-refractivity contribution is 0.0958. The van der Waals surface area contributed by atoms with Crippen LogP contribution in [0.15, 0.2) is 22.7 Å². The Balaban J connectivity index is 2.83. The Bertz CT molecular complexity index is 372. The van der Waals surface area contributed by atoms with Gasteiger partial charge in [0, 0.05) is 20.0 Å².